The van der Waals surface area contributed by atoms with Crippen LogP contribution >= 0.6 is 24.8 Å². The Balaban J connectivity index is 2.02. The summed E-state index contributed by atoms with van der Waals surface area (Å²) in [5.74, 6) is 1.67. The van der Waals surface area contributed by atoms with Crippen molar-refractivity contribution in [1.82, 2.24) is 4.90 Å². The lowest BCUT2D eigenvalue weighted by atomic mass is 9.86. The molecule has 0 N–H and O–H groups in total. The van der Waals surface area contributed by atoms with Crippen molar-refractivity contribution in [2.24, 2.45) is 11.8 Å². The predicted molar refractivity (Wildman–Crippen MR) is 58.5 cm³/mol. The van der Waals surface area contributed by atoms with Crippen molar-refractivity contribution in [3.63, 3.8) is 0 Å². The molecule has 1 heterocycles. The van der Waals surface area contributed by atoms with Gasteiger partial charge in [-0.15, -0.1) is 12.6 Å². The first-order valence-electron chi connectivity index (χ1n) is 4.40. The van der Waals surface area contributed by atoms with Gasteiger partial charge < -0.3 is 4.90 Å². The molecular formula is C9H13NS2. The average molecular weight is 199 g/mol. The van der Waals surface area contributed by atoms with Gasteiger partial charge >= 0.3 is 0 Å². The number of hydrogen-bond donors (Lipinski definition) is 1. The zero-order valence-electron chi connectivity index (χ0n) is 6.94. The third-order valence-corrected chi connectivity index (χ3v) is 3.43. The summed E-state index contributed by atoms with van der Waals surface area (Å²) in [7, 11) is 0. The Morgan fingerprint density at radius 3 is 2.17 bits per heavy atom. The third-order valence-electron chi connectivity index (χ3n) is 2.89. The van der Waals surface area contributed by atoms with Crippen LogP contribution in [0.3, 0.4) is 0 Å². The molecule has 12 heavy (non-hydrogen) atoms. The minimum Gasteiger partial charge on any atom is -0.357 e. The van der Waals surface area contributed by atoms with Gasteiger partial charge in [0.2, 0.25) is 0 Å². The van der Waals surface area contributed by atoms with Crippen molar-refractivity contribution < 1.29 is 0 Å². The van der Waals surface area contributed by atoms with E-state index in [1.807, 2.05) is 0 Å². The molecule has 1 nitrogen and oxygen atoms in total. The van der Waals surface area contributed by atoms with Crippen molar-refractivity contribution >= 4 is 29.2 Å². The minimum absolute atomic E-state index is 0.768. The first kappa shape index (κ1) is 8.57. The summed E-state index contributed by atoms with van der Waals surface area (Å²) in [6, 6.07) is 0. The molecule has 2 aliphatic rings. The Kier molecular flexibility index (Phi) is 2.42. The van der Waals surface area contributed by atoms with Gasteiger partial charge in [0.15, 0.2) is 0 Å². The first-order chi connectivity index (χ1) is 5.77. The molecule has 0 saturated carbocycles. The molecular weight excluding hydrogens is 186 g/mol. The number of thiol groups is 1. The second kappa shape index (κ2) is 3.38. The van der Waals surface area contributed by atoms with Gasteiger partial charge in [-0.25, -0.2) is 0 Å². The first-order valence-corrected chi connectivity index (χ1v) is 5.26. The normalized spacial score (nSPS) is 33.6. The van der Waals surface area contributed by atoms with Gasteiger partial charge in [0.1, 0.15) is 4.32 Å². The van der Waals surface area contributed by atoms with Gasteiger partial charge in [0.25, 0.3) is 0 Å². The number of likely N-dealkylation sites (tertiary alicyclic amines) is 1. The van der Waals surface area contributed by atoms with E-state index in [0.29, 0.717) is 0 Å². The van der Waals surface area contributed by atoms with Crippen molar-refractivity contribution in [2.75, 3.05) is 13.1 Å². The fourth-order valence-electron chi connectivity index (χ4n) is 2.17. The average Bonchev–Trinajstić information content (AvgIpc) is 2.46. The Morgan fingerprint density at radius 2 is 1.75 bits per heavy atom. The fraction of sp³-hybridized carbons (Fsp3) is 0.667. The van der Waals surface area contributed by atoms with E-state index in [4.69, 9.17) is 12.2 Å². The van der Waals surface area contributed by atoms with Crippen LogP contribution in [0.15, 0.2) is 12.2 Å². The molecule has 1 aliphatic carbocycles. The summed E-state index contributed by atoms with van der Waals surface area (Å²) in [4.78, 5) is 2.22. The molecule has 2 unspecified atom stereocenters. The summed E-state index contributed by atoms with van der Waals surface area (Å²) in [5.41, 5.74) is 0. The maximum Gasteiger partial charge on any atom is 0.133 e. The molecule has 0 radical (unpaired) electrons. The SMILES string of the molecule is S=C(S)N1CC2CC=CCC2C1. The van der Waals surface area contributed by atoms with Gasteiger partial charge in [-0.2, -0.15) is 0 Å². The van der Waals surface area contributed by atoms with Crippen LogP contribution in [0.1, 0.15) is 12.8 Å². The van der Waals surface area contributed by atoms with E-state index in [0.717, 1.165) is 29.2 Å². The topological polar surface area (TPSA) is 3.24 Å². The molecule has 1 aliphatic heterocycles. The number of allylic oxidation sites excluding steroid dienone is 2. The number of thiocarbonyl (C=S) groups is 1. The Morgan fingerprint density at radius 1 is 1.25 bits per heavy atom. The minimum atomic E-state index is 0.768. The second-order valence-electron chi connectivity index (χ2n) is 3.65. The lowest BCUT2D eigenvalue weighted by Gasteiger charge is -2.17. The van der Waals surface area contributed by atoms with Crippen molar-refractivity contribution in [3.8, 4) is 0 Å². The number of hydrogen-bond acceptors (Lipinski definition) is 1. The lowest BCUT2D eigenvalue weighted by Crippen LogP contribution is -2.23. The molecule has 1 fully saturated rings. The van der Waals surface area contributed by atoms with Crippen LogP contribution in [-0.2, 0) is 0 Å². The molecule has 0 spiro atoms. The largest absolute Gasteiger partial charge is 0.357 e. The van der Waals surface area contributed by atoms with E-state index < -0.39 is 0 Å². The highest BCUT2D eigenvalue weighted by atomic mass is 32.1. The van der Waals surface area contributed by atoms with Crippen LogP contribution in [0.25, 0.3) is 0 Å². The number of fused-ring (bicyclic) bond motifs is 1. The van der Waals surface area contributed by atoms with Crippen LogP contribution in [0.2, 0.25) is 0 Å². The Labute approximate surface area is 84.2 Å². The van der Waals surface area contributed by atoms with Crippen LogP contribution in [-0.4, -0.2) is 22.3 Å². The number of rotatable bonds is 0. The fourth-order valence-corrected chi connectivity index (χ4v) is 2.48. The highest BCUT2D eigenvalue weighted by Gasteiger charge is 2.32. The van der Waals surface area contributed by atoms with Crippen molar-refractivity contribution in [1.29, 1.82) is 0 Å². The van der Waals surface area contributed by atoms with E-state index in [9.17, 15) is 0 Å². The number of nitrogens with zero attached hydrogens (tertiary/aromatic N) is 1. The standard InChI is InChI=1S/C9H13NS2/c11-9(12)10-5-7-3-1-2-4-8(7)6-10/h1-2,7-8H,3-6H2,(H,11,12). The monoisotopic (exact) mass is 199 g/mol. The lowest BCUT2D eigenvalue weighted by molar-refractivity contribution is 0.411. The summed E-state index contributed by atoms with van der Waals surface area (Å²) in [6.07, 6.45) is 7.06. The van der Waals surface area contributed by atoms with Crippen molar-refractivity contribution in [2.45, 2.75) is 12.8 Å². The molecule has 2 atom stereocenters. The molecule has 66 valence electrons. The third kappa shape index (κ3) is 1.52. The van der Waals surface area contributed by atoms with Gasteiger partial charge in [-0.1, -0.05) is 24.4 Å². The van der Waals surface area contributed by atoms with Gasteiger partial charge in [0, 0.05) is 13.1 Å². The Hall–Kier alpha value is -0.0200. The molecule has 0 bridgehead atoms. The summed E-state index contributed by atoms with van der Waals surface area (Å²) in [5, 5.41) is 0. The summed E-state index contributed by atoms with van der Waals surface area (Å²) < 4.78 is 0.768. The second-order valence-corrected chi connectivity index (χ2v) is 4.76. The molecule has 2 rings (SSSR count). The quantitative estimate of drug-likeness (QED) is 0.361. The van der Waals surface area contributed by atoms with E-state index in [1.165, 1.54) is 12.8 Å². The van der Waals surface area contributed by atoms with Crippen LogP contribution in [0.5, 0.6) is 0 Å². The Bertz CT molecular complexity index is 209. The molecule has 0 amide bonds. The highest BCUT2D eigenvalue weighted by molar-refractivity contribution is 8.10. The molecule has 0 aromatic carbocycles. The smallest absolute Gasteiger partial charge is 0.133 e. The van der Waals surface area contributed by atoms with Crippen LogP contribution in [0, 0.1) is 11.8 Å². The zero-order valence-corrected chi connectivity index (χ0v) is 8.65. The molecule has 0 aromatic heterocycles. The molecule has 1 saturated heterocycles. The van der Waals surface area contributed by atoms with Gasteiger partial charge in [0.05, 0.1) is 0 Å². The van der Waals surface area contributed by atoms with Crippen molar-refractivity contribution in [3.05, 3.63) is 12.2 Å². The summed E-state index contributed by atoms with van der Waals surface area (Å²) >= 11 is 9.26. The van der Waals surface area contributed by atoms with Crippen LogP contribution < -0.4 is 0 Å². The van der Waals surface area contributed by atoms with E-state index >= 15 is 0 Å². The zero-order chi connectivity index (χ0) is 8.55. The molecule has 0 aromatic rings. The van der Waals surface area contributed by atoms with E-state index in [2.05, 4.69) is 29.7 Å². The summed E-state index contributed by atoms with van der Waals surface area (Å²) in [6.45, 7) is 2.24. The van der Waals surface area contributed by atoms with Gasteiger partial charge in [-0.05, 0) is 24.7 Å². The van der Waals surface area contributed by atoms with Gasteiger partial charge in [-0.3, -0.25) is 0 Å². The van der Waals surface area contributed by atoms with E-state index in [1.54, 1.807) is 0 Å². The van der Waals surface area contributed by atoms with E-state index in [-0.39, 0.29) is 0 Å². The predicted octanol–water partition coefficient (Wildman–Crippen LogP) is 2.10. The maximum absolute atomic E-state index is 5.05. The maximum atomic E-state index is 5.05. The van der Waals surface area contributed by atoms with Crippen LogP contribution in [0.4, 0.5) is 0 Å². The highest BCUT2D eigenvalue weighted by Crippen LogP contribution is 2.33. The molecule has 3 heteroatoms.